The Labute approximate surface area is 188 Å². The van der Waals surface area contributed by atoms with Crippen LogP contribution < -0.4 is 9.64 Å². The molecule has 3 rings (SSSR count). The summed E-state index contributed by atoms with van der Waals surface area (Å²) in [5.74, 6) is -0.904. The summed E-state index contributed by atoms with van der Waals surface area (Å²) in [5.41, 5.74) is 3.00. The molecule has 1 heterocycles. The van der Waals surface area contributed by atoms with E-state index >= 15 is 0 Å². The van der Waals surface area contributed by atoms with Crippen molar-refractivity contribution in [2.45, 2.75) is 27.4 Å². The van der Waals surface area contributed by atoms with Gasteiger partial charge in [-0.25, -0.2) is 9.78 Å². The monoisotopic (exact) mass is 455 g/mol. The van der Waals surface area contributed by atoms with Crippen molar-refractivity contribution in [3.05, 3.63) is 74.8 Å². The molecule has 10 heteroatoms. The van der Waals surface area contributed by atoms with Crippen molar-refractivity contribution in [2.75, 3.05) is 11.5 Å². The van der Waals surface area contributed by atoms with E-state index in [0.29, 0.717) is 10.8 Å². The average molecular weight is 455 g/mol. The molecular weight excluding hydrogens is 434 g/mol. The molecule has 3 aromatic rings. The number of esters is 1. The van der Waals surface area contributed by atoms with Crippen molar-refractivity contribution < 1.29 is 24.0 Å². The van der Waals surface area contributed by atoms with Gasteiger partial charge in [-0.05, 0) is 31.5 Å². The Balaban J connectivity index is 1.63. The first kappa shape index (κ1) is 22.9. The predicted molar refractivity (Wildman–Crippen MR) is 119 cm³/mol. The number of hydrogen-bond donors (Lipinski definition) is 0. The standard InChI is InChI=1S/C22H21N3O6S/c1-14-8-9-18(15(2)10-14)24(16(3)26)22-23-17(13-32-22)11-31-21(27)12-30-20-7-5-4-6-19(20)25(28)29/h4-10,13H,11-12H2,1-3H3. The molecule has 9 nitrogen and oxygen atoms in total. The Morgan fingerprint density at radius 1 is 1.19 bits per heavy atom. The van der Waals surface area contributed by atoms with E-state index in [0.717, 1.165) is 16.8 Å². The summed E-state index contributed by atoms with van der Waals surface area (Å²) in [7, 11) is 0. The Hall–Kier alpha value is -3.79. The van der Waals surface area contributed by atoms with E-state index in [2.05, 4.69) is 4.98 Å². The van der Waals surface area contributed by atoms with Crippen LogP contribution in [0.3, 0.4) is 0 Å². The Kier molecular flexibility index (Phi) is 7.16. The minimum absolute atomic E-state index is 0.0176. The van der Waals surface area contributed by atoms with E-state index in [9.17, 15) is 19.7 Å². The zero-order valence-corrected chi connectivity index (χ0v) is 18.5. The van der Waals surface area contributed by atoms with Gasteiger partial charge < -0.3 is 9.47 Å². The van der Waals surface area contributed by atoms with Gasteiger partial charge in [-0.3, -0.25) is 19.8 Å². The number of anilines is 2. The fourth-order valence-corrected chi connectivity index (χ4v) is 3.86. The fraction of sp³-hybridized carbons (Fsp3) is 0.227. The van der Waals surface area contributed by atoms with E-state index in [-0.39, 0.29) is 24.0 Å². The van der Waals surface area contributed by atoms with Gasteiger partial charge in [0.25, 0.3) is 0 Å². The van der Waals surface area contributed by atoms with Gasteiger partial charge in [0.05, 0.1) is 16.3 Å². The fourth-order valence-electron chi connectivity index (χ4n) is 2.99. The number of thiazole rings is 1. The molecule has 0 aliphatic heterocycles. The normalized spacial score (nSPS) is 10.5. The van der Waals surface area contributed by atoms with E-state index in [1.807, 2.05) is 32.0 Å². The summed E-state index contributed by atoms with van der Waals surface area (Å²) in [5, 5.41) is 13.2. The van der Waals surface area contributed by atoms with Crippen molar-refractivity contribution >= 4 is 39.7 Å². The van der Waals surface area contributed by atoms with Crippen LogP contribution in [0.1, 0.15) is 23.7 Å². The van der Waals surface area contributed by atoms with Gasteiger partial charge in [0.15, 0.2) is 17.5 Å². The van der Waals surface area contributed by atoms with Crippen molar-refractivity contribution in [3.63, 3.8) is 0 Å². The number of benzene rings is 2. The summed E-state index contributed by atoms with van der Waals surface area (Å²) in [6.45, 7) is 4.76. The second-order valence-corrected chi connectivity index (χ2v) is 7.78. The first-order valence-corrected chi connectivity index (χ1v) is 10.5. The van der Waals surface area contributed by atoms with Crippen molar-refractivity contribution in [2.24, 2.45) is 0 Å². The van der Waals surface area contributed by atoms with Gasteiger partial charge in [-0.2, -0.15) is 0 Å². The summed E-state index contributed by atoms with van der Waals surface area (Å²) in [6, 6.07) is 11.5. The number of rotatable bonds is 8. The van der Waals surface area contributed by atoms with Crippen molar-refractivity contribution in [1.29, 1.82) is 0 Å². The minimum atomic E-state index is -0.699. The number of nitrogens with zero attached hydrogens (tertiary/aromatic N) is 3. The number of ether oxygens (including phenoxy) is 2. The predicted octanol–water partition coefficient (Wildman–Crippen LogP) is 4.47. The van der Waals surface area contributed by atoms with Crippen LogP contribution in [-0.2, 0) is 20.9 Å². The minimum Gasteiger partial charge on any atom is -0.475 e. The highest BCUT2D eigenvalue weighted by Crippen LogP contribution is 2.32. The third-order valence-corrected chi connectivity index (χ3v) is 5.30. The van der Waals surface area contributed by atoms with Gasteiger partial charge in [0.2, 0.25) is 5.91 Å². The highest BCUT2D eigenvalue weighted by Gasteiger charge is 2.20. The first-order chi connectivity index (χ1) is 15.3. The van der Waals surface area contributed by atoms with E-state index in [1.165, 1.54) is 41.4 Å². The summed E-state index contributed by atoms with van der Waals surface area (Å²) < 4.78 is 10.4. The molecule has 1 aromatic heterocycles. The summed E-state index contributed by atoms with van der Waals surface area (Å²) >= 11 is 1.26. The maximum absolute atomic E-state index is 12.3. The molecule has 0 saturated heterocycles. The number of nitro groups is 1. The molecule has 0 atom stereocenters. The van der Waals surface area contributed by atoms with Gasteiger partial charge in [-0.1, -0.05) is 29.8 Å². The van der Waals surface area contributed by atoms with E-state index < -0.39 is 17.5 Å². The number of carbonyl (C=O) groups excluding carboxylic acids is 2. The second-order valence-electron chi connectivity index (χ2n) is 6.94. The molecule has 0 fully saturated rings. The molecule has 0 bridgehead atoms. The van der Waals surface area contributed by atoms with Gasteiger partial charge in [0.1, 0.15) is 6.61 Å². The number of carbonyl (C=O) groups is 2. The molecule has 166 valence electrons. The topological polar surface area (TPSA) is 112 Å². The lowest BCUT2D eigenvalue weighted by molar-refractivity contribution is -0.385. The molecule has 0 saturated carbocycles. The first-order valence-electron chi connectivity index (χ1n) is 9.60. The van der Waals surface area contributed by atoms with Gasteiger partial charge in [-0.15, -0.1) is 11.3 Å². The summed E-state index contributed by atoms with van der Waals surface area (Å²) in [4.78, 5) is 40.6. The number of amides is 1. The van der Waals surface area contributed by atoms with Gasteiger partial charge >= 0.3 is 11.7 Å². The Morgan fingerprint density at radius 3 is 2.62 bits per heavy atom. The highest BCUT2D eigenvalue weighted by atomic mass is 32.1. The third-order valence-electron chi connectivity index (χ3n) is 4.43. The molecule has 2 aromatic carbocycles. The number of aromatic nitrogens is 1. The van der Waals surface area contributed by atoms with Crippen LogP contribution in [0, 0.1) is 24.0 Å². The van der Waals surface area contributed by atoms with Crippen LogP contribution in [0.5, 0.6) is 5.75 Å². The zero-order valence-electron chi connectivity index (χ0n) is 17.7. The molecule has 0 radical (unpaired) electrons. The van der Waals surface area contributed by atoms with Crippen molar-refractivity contribution in [3.8, 4) is 5.75 Å². The van der Waals surface area contributed by atoms with Crippen LogP contribution in [0.15, 0.2) is 47.8 Å². The Bertz CT molecular complexity index is 1160. The largest absolute Gasteiger partial charge is 0.475 e. The van der Waals surface area contributed by atoms with Crippen LogP contribution in [0.4, 0.5) is 16.5 Å². The maximum Gasteiger partial charge on any atom is 0.344 e. The molecule has 0 spiro atoms. The zero-order chi connectivity index (χ0) is 23.3. The SMILES string of the molecule is CC(=O)N(c1nc(COC(=O)COc2ccccc2[N+](=O)[O-])cs1)c1ccc(C)cc1C. The second kappa shape index (κ2) is 10.0. The smallest absolute Gasteiger partial charge is 0.344 e. The lowest BCUT2D eigenvalue weighted by atomic mass is 10.1. The molecule has 1 amide bonds. The molecule has 0 aliphatic carbocycles. The van der Waals surface area contributed by atoms with Crippen LogP contribution in [0.25, 0.3) is 0 Å². The number of aryl methyl sites for hydroxylation is 2. The van der Waals surface area contributed by atoms with Crippen LogP contribution in [-0.4, -0.2) is 28.4 Å². The average Bonchev–Trinajstić information content (AvgIpc) is 3.21. The van der Waals surface area contributed by atoms with Crippen LogP contribution >= 0.6 is 11.3 Å². The highest BCUT2D eigenvalue weighted by molar-refractivity contribution is 7.14. The van der Waals surface area contributed by atoms with E-state index in [4.69, 9.17) is 9.47 Å². The lowest BCUT2D eigenvalue weighted by Gasteiger charge is -2.20. The number of nitro benzene ring substituents is 1. The van der Waals surface area contributed by atoms with Crippen molar-refractivity contribution in [1.82, 2.24) is 4.98 Å². The molecule has 0 N–H and O–H groups in total. The third kappa shape index (κ3) is 5.46. The lowest BCUT2D eigenvalue weighted by Crippen LogP contribution is -2.23. The quantitative estimate of drug-likeness (QED) is 0.280. The number of para-hydroxylation sites is 2. The number of hydrogen-bond acceptors (Lipinski definition) is 8. The summed E-state index contributed by atoms with van der Waals surface area (Å²) in [6.07, 6.45) is 0. The molecule has 32 heavy (non-hydrogen) atoms. The van der Waals surface area contributed by atoms with Crippen LogP contribution in [0.2, 0.25) is 0 Å². The van der Waals surface area contributed by atoms with E-state index in [1.54, 1.807) is 11.4 Å². The van der Waals surface area contributed by atoms with Gasteiger partial charge in [0, 0.05) is 18.4 Å². The molecule has 0 unspecified atom stereocenters. The molecular formula is C22H21N3O6S. The molecule has 0 aliphatic rings. The maximum atomic E-state index is 12.3. The Morgan fingerprint density at radius 2 is 1.94 bits per heavy atom.